The van der Waals surface area contributed by atoms with E-state index in [0.717, 1.165) is 11.3 Å². The fraction of sp³-hybridized carbons (Fsp3) is 0.333. The van der Waals surface area contributed by atoms with Crippen LogP contribution in [-0.2, 0) is 19.1 Å². The van der Waals surface area contributed by atoms with Crippen molar-refractivity contribution in [3.63, 3.8) is 0 Å². The number of anilines is 1. The van der Waals surface area contributed by atoms with Crippen LogP contribution in [0, 0.1) is 11.7 Å². The molecule has 1 unspecified atom stereocenters. The normalized spacial score (nSPS) is 18.1. The second kappa shape index (κ2) is 7.07. The molecule has 1 saturated heterocycles. The maximum atomic E-state index is 13.2. The molecule has 1 aliphatic heterocycles. The quantitative estimate of drug-likeness (QED) is 0.804. The molecule has 27 heavy (non-hydrogen) atoms. The van der Waals surface area contributed by atoms with Gasteiger partial charge in [-0.2, -0.15) is 0 Å². The van der Waals surface area contributed by atoms with Crippen molar-refractivity contribution < 1.29 is 28.2 Å². The number of nitrogens with one attached hydrogen (secondary N) is 1. The standard InChI is InChI=1S/C18H17FN2O5S/c1-18(2)11(8-12(22)26-18)15(23)21-17-20-13(16(24)25-3)14(27-17)9-4-6-10(19)7-5-9/h4-7,11H,8H2,1-3H3,(H,20,21,23). The number of nitrogens with zero attached hydrogens (tertiary/aromatic N) is 1. The summed E-state index contributed by atoms with van der Waals surface area (Å²) in [5, 5.41) is 2.81. The first-order chi connectivity index (χ1) is 12.7. The number of thiazole rings is 1. The summed E-state index contributed by atoms with van der Waals surface area (Å²) in [6.45, 7) is 3.32. The molecule has 0 saturated carbocycles. The molecule has 1 aromatic carbocycles. The average molecular weight is 392 g/mol. The number of ether oxygens (including phenoxy) is 2. The van der Waals surface area contributed by atoms with Gasteiger partial charge < -0.3 is 14.8 Å². The zero-order chi connectivity index (χ0) is 19.8. The van der Waals surface area contributed by atoms with Crippen molar-refractivity contribution >= 4 is 34.3 Å². The number of cyclic esters (lactones) is 1. The van der Waals surface area contributed by atoms with Gasteiger partial charge in [0, 0.05) is 0 Å². The highest BCUT2D eigenvalue weighted by Gasteiger charge is 2.46. The SMILES string of the molecule is COC(=O)c1nc(NC(=O)C2CC(=O)OC2(C)C)sc1-c1ccc(F)cc1. The second-order valence-electron chi connectivity index (χ2n) is 6.52. The molecule has 1 N–H and O–H groups in total. The number of benzene rings is 1. The zero-order valence-corrected chi connectivity index (χ0v) is 15.7. The van der Waals surface area contributed by atoms with Crippen LogP contribution in [-0.4, -0.2) is 35.5 Å². The molecule has 7 nitrogen and oxygen atoms in total. The number of methoxy groups -OCH3 is 1. The number of rotatable bonds is 4. The van der Waals surface area contributed by atoms with Crippen molar-refractivity contribution in [1.29, 1.82) is 0 Å². The van der Waals surface area contributed by atoms with Crippen molar-refractivity contribution in [2.24, 2.45) is 5.92 Å². The molecule has 1 fully saturated rings. The number of esters is 2. The van der Waals surface area contributed by atoms with Gasteiger partial charge in [-0.05, 0) is 31.5 Å². The maximum absolute atomic E-state index is 13.2. The average Bonchev–Trinajstić information content (AvgIpc) is 3.14. The van der Waals surface area contributed by atoms with Crippen molar-refractivity contribution in [2.45, 2.75) is 25.9 Å². The summed E-state index contributed by atoms with van der Waals surface area (Å²) in [6, 6.07) is 5.54. The van der Waals surface area contributed by atoms with Gasteiger partial charge in [0.15, 0.2) is 10.8 Å². The zero-order valence-electron chi connectivity index (χ0n) is 14.9. The fourth-order valence-corrected chi connectivity index (χ4v) is 3.79. The molecule has 1 aliphatic rings. The molecule has 1 aromatic heterocycles. The van der Waals surface area contributed by atoms with Crippen LogP contribution in [0.1, 0.15) is 30.8 Å². The lowest BCUT2D eigenvalue weighted by Gasteiger charge is -2.23. The molecule has 0 radical (unpaired) electrons. The monoisotopic (exact) mass is 392 g/mol. The number of hydrogen-bond acceptors (Lipinski definition) is 7. The number of hydrogen-bond donors (Lipinski definition) is 1. The predicted octanol–water partition coefficient (Wildman–Crippen LogP) is 3.02. The molecule has 1 amide bonds. The van der Waals surface area contributed by atoms with E-state index in [1.54, 1.807) is 13.8 Å². The molecular formula is C18H17FN2O5S. The first-order valence-electron chi connectivity index (χ1n) is 8.09. The molecule has 9 heteroatoms. The van der Waals surface area contributed by atoms with Crippen molar-refractivity contribution in [1.82, 2.24) is 4.98 Å². The molecule has 0 spiro atoms. The number of carbonyl (C=O) groups excluding carboxylic acids is 3. The third-order valence-electron chi connectivity index (χ3n) is 4.25. The second-order valence-corrected chi connectivity index (χ2v) is 7.52. The highest BCUT2D eigenvalue weighted by Crippen LogP contribution is 2.36. The molecule has 2 heterocycles. The Morgan fingerprint density at radius 1 is 1.33 bits per heavy atom. The Balaban J connectivity index is 1.90. The minimum absolute atomic E-state index is 0.0161. The lowest BCUT2D eigenvalue weighted by Crippen LogP contribution is -2.36. The molecule has 0 bridgehead atoms. The Hall–Kier alpha value is -2.81. The van der Waals surface area contributed by atoms with Crippen molar-refractivity contribution in [3.05, 3.63) is 35.8 Å². The number of halogens is 1. The summed E-state index contributed by atoms with van der Waals surface area (Å²) in [6.07, 6.45) is -0.0289. The minimum Gasteiger partial charge on any atom is -0.464 e. The van der Waals surface area contributed by atoms with E-state index in [4.69, 9.17) is 9.47 Å². The van der Waals surface area contributed by atoms with Crippen LogP contribution in [0.25, 0.3) is 10.4 Å². The summed E-state index contributed by atoms with van der Waals surface area (Å²) in [4.78, 5) is 40.7. The Bertz CT molecular complexity index is 907. The molecule has 1 atom stereocenters. The molecular weight excluding hydrogens is 375 g/mol. The highest BCUT2D eigenvalue weighted by molar-refractivity contribution is 7.19. The highest BCUT2D eigenvalue weighted by atomic mass is 32.1. The smallest absolute Gasteiger partial charge is 0.358 e. The summed E-state index contributed by atoms with van der Waals surface area (Å²) < 4.78 is 23.1. The van der Waals surface area contributed by atoms with E-state index in [2.05, 4.69) is 10.3 Å². The predicted molar refractivity (Wildman–Crippen MR) is 95.8 cm³/mol. The van der Waals surface area contributed by atoms with Gasteiger partial charge in [0.1, 0.15) is 11.4 Å². The van der Waals surface area contributed by atoms with Crippen LogP contribution in [0.3, 0.4) is 0 Å². The van der Waals surface area contributed by atoms with Crippen molar-refractivity contribution in [3.8, 4) is 10.4 Å². The molecule has 3 rings (SSSR count). The topological polar surface area (TPSA) is 94.6 Å². The van der Waals surface area contributed by atoms with Crippen LogP contribution in [0.15, 0.2) is 24.3 Å². The Kier molecular flexibility index (Phi) is 4.97. The Labute approximate surface area is 158 Å². The third-order valence-corrected chi connectivity index (χ3v) is 5.27. The first-order valence-corrected chi connectivity index (χ1v) is 8.90. The molecule has 0 aliphatic carbocycles. The Morgan fingerprint density at radius 3 is 2.56 bits per heavy atom. The first kappa shape index (κ1) is 19.0. The number of carbonyl (C=O) groups is 3. The van der Waals surface area contributed by atoms with Gasteiger partial charge >= 0.3 is 11.9 Å². The summed E-state index contributed by atoms with van der Waals surface area (Å²) in [5.74, 6) is -2.64. The van der Waals surface area contributed by atoms with Crippen LogP contribution < -0.4 is 5.32 Å². The maximum Gasteiger partial charge on any atom is 0.358 e. The van der Waals surface area contributed by atoms with E-state index in [9.17, 15) is 18.8 Å². The fourth-order valence-electron chi connectivity index (χ4n) is 2.83. The Morgan fingerprint density at radius 2 is 2.00 bits per heavy atom. The van der Waals surface area contributed by atoms with Gasteiger partial charge in [-0.1, -0.05) is 23.5 Å². The van der Waals surface area contributed by atoms with Crippen LogP contribution >= 0.6 is 11.3 Å². The lowest BCUT2D eigenvalue weighted by molar-refractivity contribution is -0.147. The lowest BCUT2D eigenvalue weighted by atomic mass is 9.90. The third kappa shape index (κ3) is 3.82. The van der Waals surface area contributed by atoms with Crippen LogP contribution in [0.5, 0.6) is 0 Å². The van der Waals surface area contributed by atoms with Gasteiger partial charge in [-0.3, -0.25) is 9.59 Å². The minimum atomic E-state index is -0.927. The van der Waals surface area contributed by atoms with Gasteiger partial charge in [0.2, 0.25) is 5.91 Å². The van der Waals surface area contributed by atoms with Crippen LogP contribution in [0.4, 0.5) is 9.52 Å². The number of aromatic nitrogens is 1. The van der Waals surface area contributed by atoms with E-state index in [1.165, 1.54) is 31.4 Å². The van der Waals surface area contributed by atoms with Gasteiger partial charge in [0.25, 0.3) is 0 Å². The van der Waals surface area contributed by atoms with Gasteiger partial charge in [0.05, 0.1) is 24.3 Å². The van der Waals surface area contributed by atoms with Gasteiger partial charge in [-0.15, -0.1) is 0 Å². The van der Waals surface area contributed by atoms with E-state index in [1.807, 2.05) is 0 Å². The van der Waals surface area contributed by atoms with E-state index < -0.39 is 35.2 Å². The summed E-state index contributed by atoms with van der Waals surface area (Å²) >= 11 is 1.06. The van der Waals surface area contributed by atoms with E-state index in [-0.39, 0.29) is 17.2 Å². The van der Waals surface area contributed by atoms with Crippen LogP contribution in [0.2, 0.25) is 0 Å². The molecule has 2 aromatic rings. The van der Waals surface area contributed by atoms with E-state index in [0.29, 0.717) is 10.4 Å². The summed E-state index contributed by atoms with van der Waals surface area (Å²) in [5.41, 5.74) is -0.347. The van der Waals surface area contributed by atoms with E-state index >= 15 is 0 Å². The van der Waals surface area contributed by atoms with Crippen molar-refractivity contribution in [2.75, 3.05) is 12.4 Å². The number of amides is 1. The molecule has 142 valence electrons. The summed E-state index contributed by atoms with van der Waals surface area (Å²) in [7, 11) is 1.22. The van der Waals surface area contributed by atoms with Gasteiger partial charge in [-0.25, -0.2) is 14.2 Å². The largest absolute Gasteiger partial charge is 0.464 e.